The third kappa shape index (κ3) is 6.05. The summed E-state index contributed by atoms with van der Waals surface area (Å²) in [5.74, 6) is 0.0399. The summed E-state index contributed by atoms with van der Waals surface area (Å²) in [4.78, 5) is 22.5. The first-order valence-electron chi connectivity index (χ1n) is 10.4. The Labute approximate surface area is 191 Å². The molecule has 1 heterocycles. The van der Waals surface area contributed by atoms with Crippen LogP contribution in [0.25, 0.3) is 0 Å². The molecule has 2 aromatic carbocycles. The molecule has 0 aliphatic heterocycles. The van der Waals surface area contributed by atoms with E-state index in [4.69, 9.17) is 4.42 Å². The van der Waals surface area contributed by atoms with Crippen molar-refractivity contribution in [1.29, 1.82) is 0 Å². The summed E-state index contributed by atoms with van der Waals surface area (Å²) in [5.41, 5.74) is 1.58. The van der Waals surface area contributed by atoms with Crippen LogP contribution in [-0.2, 0) is 28.9 Å². The van der Waals surface area contributed by atoms with Gasteiger partial charge in [0.1, 0.15) is 5.76 Å². The molecule has 0 unspecified atom stereocenters. The number of nitrogens with one attached hydrogen (secondary N) is 1. The predicted octanol–water partition coefficient (Wildman–Crippen LogP) is 3.61. The summed E-state index contributed by atoms with van der Waals surface area (Å²) in [6, 6.07) is 15.9. The Hall–Kier alpha value is -3.50. The zero-order valence-corrected chi connectivity index (χ0v) is 18.5. The summed E-state index contributed by atoms with van der Waals surface area (Å²) in [5, 5.41) is 13.8. The van der Waals surface area contributed by atoms with Gasteiger partial charge < -0.3 is 9.73 Å². The first-order chi connectivity index (χ1) is 15.8. The number of non-ortho nitro benzene ring substituents is 1. The number of furan rings is 1. The highest BCUT2D eigenvalue weighted by Gasteiger charge is 2.26. The lowest BCUT2D eigenvalue weighted by Gasteiger charge is -2.21. The third-order valence-electron chi connectivity index (χ3n) is 5.29. The van der Waals surface area contributed by atoms with Crippen LogP contribution in [0.4, 0.5) is 5.69 Å². The van der Waals surface area contributed by atoms with E-state index in [1.54, 1.807) is 36.4 Å². The molecule has 0 atom stereocenters. The second-order valence-electron chi connectivity index (χ2n) is 7.97. The van der Waals surface area contributed by atoms with Crippen molar-refractivity contribution >= 4 is 21.6 Å². The minimum atomic E-state index is -3.79. The fourth-order valence-electron chi connectivity index (χ4n) is 3.31. The fraction of sp³-hybridized carbons (Fsp3) is 0.261. The number of nitro benzene ring substituents is 1. The van der Waals surface area contributed by atoms with Crippen LogP contribution < -0.4 is 5.32 Å². The first-order valence-corrected chi connectivity index (χ1v) is 12.0. The van der Waals surface area contributed by atoms with Crippen LogP contribution >= 0.6 is 0 Å². The van der Waals surface area contributed by atoms with Gasteiger partial charge >= 0.3 is 0 Å². The zero-order chi connectivity index (χ0) is 23.4. The van der Waals surface area contributed by atoms with Gasteiger partial charge in [-0.05, 0) is 48.2 Å². The van der Waals surface area contributed by atoms with Gasteiger partial charge in [0, 0.05) is 30.3 Å². The molecule has 1 amide bonds. The number of hydrogen-bond acceptors (Lipinski definition) is 6. The molecule has 1 fully saturated rings. The van der Waals surface area contributed by atoms with E-state index in [1.165, 1.54) is 34.8 Å². The van der Waals surface area contributed by atoms with Gasteiger partial charge in [-0.15, -0.1) is 0 Å². The Kier molecular flexibility index (Phi) is 6.57. The van der Waals surface area contributed by atoms with E-state index in [2.05, 4.69) is 5.32 Å². The number of benzene rings is 2. The van der Waals surface area contributed by atoms with Gasteiger partial charge in [-0.2, -0.15) is 4.31 Å². The van der Waals surface area contributed by atoms with E-state index < -0.39 is 14.9 Å². The van der Waals surface area contributed by atoms with Crippen molar-refractivity contribution in [3.63, 3.8) is 0 Å². The van der Waals surface area contributed by atoms with Crippen LogP contribution in [0, 0.1) is 10.1 Å². The van der Waals surface area contributed by atoms with Crippen LogP contribution in [0.15, 0.2) is 71.3 Å². The normalized spacial score (nSPS) is 13.7. The average molecular weight is 470 g/mol. The van der Waals surface area contributed by atoms with Gasteiger partial charge in [0.25, 0.3) is 11.6 Å². The van der Waals surface area contributed by atoms with Crippen molar-refractivity contribution in [3.05, 3.63) is 99.5 Å². The lowest BCUT2D eigenvalue weighted by Crippen LogP contribution is -2.31. The maximum atomic E-state index is 13.2. The minimum absolute atomic E-state index is 0.0340. The number of amides is 1. The first kappa shape index (κ1) is 22.7. The van der Waals surface area contributed by atoms with Crippen LogP contribution in [-0.4, -0.2) is 29.6 Å². The SMILES string of the molecule is O=C(NC1CC1)c1ccc(CN(Cc2ccco2)S(=O)(=O)Cc2ccc([N+](=O)[O-])cc2)cc1. The standard InChI is InChI=1S/C23H23N3O6S/c27-23(24-20-9-10-20)19-7-3-17(4-8-19)14-25(15-22-2-1-13-32-22)33(30,31)16-18-5-11-21(12-6-18)26(28)29/h1-8,11-13,20H,9-10,14-16H2,(H,24,27). The summed E-state index contributed by atoms with van der Waals surface area (Å²) in [7, 11) is -3.79. The molecule has 1 aromatic heterocycles. The molecular weight excluding hydrogens is 446 g/mol. The summed E-state index contributed by atoms with van der Waals surface area (Å²) >= 11 is 0. The number of carbonyl (C=O) groups excluding carboxylic acids is 1. The van der Waals surface area contributed by atoms with Crippen molar-refractivity contribution in [2.75, 3.05) is 0 Å². The van der Waals surface area contributed by atoms with Crippen molar-refractivity contribution in [1.82, 2.24) is 9.62 Å². The molecule has 33 heavy (non-hydrogen) atoms. The number of nitro groups is 1. The average Bonchev–Trinajstić information content (AvgIpc) is 3.45. The van der Waals surface area contributed by atoms with Gasteiger partial charge in [0.2, 0.25) is 10.0 Å². The Bertz CT molecular complexity index is 1220. The van der Waals surface area contributed by atoms with Crippen molar-refractivity contribution < 1.29 is 22.6 Å². The number of nitrogens with zero attached hydrogens (tertiary/aromatic N) is 2. The molecule has 0 spiro atoms. The van der Waals surface area contributed by atoms with Crippen LogP contribution in [0.2, 0.25) is 0 Å². The highest BCUT2D eigenvalue weighted by atomic mass is 32.2. The summed E-state index contributed by atoms with van der Waals surface area (Å²) in [6.07, 6.45) is 3.47. The molecule has 172 valence electrons. The Morgan fingerprint density at radius 3 is 2.27 bits per heavy atom. The highest BCUT2D eigenvalue weighted by molar-refractivity contribution is 7.88. The molecule has 4 rings (SSSR count). The van der Waals surface area contributed by atoms with Gasteiger partial charge in [-0.3, -0.25) is 14.9 Å². The third-order valence-corrected chi connectivity index (χ3v) is 7.03. The van der Waals surface area contributed by atoms with E-state index in [9.17, 15) is 23.3 Å². The second kappa shape index (κ2) is 9.55. The molecule has 0 radical (unpaired) electrons. The molecule has 1 saturated carbocycles. The van der Waals surface area contributed by atoms with Crippen LogP contribution in [0.1, 0.15) is 40.1 Å². The topological polar surface area (TPSA) is 123 Å². The van der Waals surface area contributed by atoms with Crippen molar-refractivity contribution in [2.45, 2.75) is 37.7 Å². The lowest BCUT2D eigenvalue weighted by molar-refractivity contribution is -0.384. The quantitative estimate of drug-likeness (QED) is 0.357. The van der Waals surface area contributed by atoms with E-state index in [1.807, 2.05) is 0 Å². The highest BCUT2D eigenvalue weighted by Crippen LogP contribution is 2.22. The molecule has 1 aliphatic carbocycles. The fourth-order valence-corrected chi connectivity index (χ4v) is 4.77. The van der Waals surface area contributed by atoms with Gasteiger partial charge in [-0.1, -0.05) is 24.3 Å². The maximum absolute atomic E-state index is 13.2. The van der Waals surface area contributed by atoms with Gasteiger partial charge in [0.15, 0.2) is 0 Å². The molecule has 0 bridgehead atoms. The van der Waals surface area contributed by atoms with Crippen molar-refractivity contribution in [3.8, 4) is 0 Å². The van der Waals surface area contributed by atoms with E-state index in [0.717, 1.165) is 18.4 Å². The molecule has 1 aliphatic rings. The summed E-state index contributed by atoms with van der Waals surface area (Å²) in [6.45, 7) is 0.118. The van der Waals surface area contributed by atoms with Gasteiger partial charge in [0.05, 0.1) is 23.5 Å². The second-order valence-corrected chi connectivity index (χ2v) is 9.94. The molecule has 10 heteroatoms. The number of rotatable bonds is 10. The van der Waals surface area contributed by atoms with Crippen molar-refractivity contribution in [2.24, 2.45) is 0 Å². The van der Waals surface area contributed by atoms with Gasteiger partial charge in [-0.25, -0.2) is 8.42 Å². The van der Waals surface area contributed by atoms with E-state index in [0.29, 0.717) is 16.9 Å². The number of carbonyl (C=O) groups is 1. The number of sulfonamides is 1. The predicted molar refractivity (Wildman–Crippen MR) is 121 cm³/mol. The minimum Gasteiger partial charge on any atom is -0.468 e. The molecular formula is C23H23N3O6S. The lowest BCUT2D eigenvalue weighted by atomic mass is 10.1. The van der Waals surface area contributed by atoms with E-state index >= 15 is 0 Å². The Morgan fingerprint density at radius 2 is 1.70 bits per heavy atom. The van der Waals surface area contributed by atoms with E-state index in [-0.39, 0.29) is 36.5 Å². The Morgan fingerprint density at radius 1 is 1.03 bits per heavy atom. The molecule has 3 aromatic rings. The van der Waals surface area contributed by atoms with Crippen LogP contribution in [0.5, 0.6) is 0 Å². The number of hydrogen-bond donors (Lipinski definition) is 1. The summed E-state index contributed by atoms with van der Waals surface area (Å²) < 4.78 is 33.1. The Balaban J connectivity index is 1.51. The largest absolute Gasteiger partial charge is 0.468 e. The van der Waals surface area contributed by atoms with Crippen LogP contribution in [0.3, 0.4) is 0 Å². The monoisotopic (exact) mass is 469 g/mol. The molecule has 9 nitrogen and oxygen atoms in total. The molecule has 0 saturated heterocycles. The zero-order valence-electron chi connectivity index (χ0n) is 17.7. The molecule has 1 N–H and O–H groups in total. The smallest absolute Gasteiger partial charge is 0.269 e. The maximum Gasteiger partial charge on any atom is 0.269 e.